The van der Waals surface area contributed by atoms with Crippen LogP contribution < -0.4 is 0 Å². The molecule has 2 aliphatic rings. The van der Waals surface area contributed by atoms with E-state index in [2.05, 4.69) is 0 Å². The third kappa shape index (κ3) is 4.12. The molecule has 0 aromatic carbocycles. The molecule has 0 saturated carbocycles. The van der Waals surface area contributed by atoms with Gasteiger partial charge in [0.25, 0.3) is 5.91 Å². The zero-order valence-electron chi connectivity index (χ0n) is 14.9. The quantitative estimate of drug-likeness (QED) is 0.382. The predicted octanol–water partition coefficient (Wildman–Crippen LogP) is 1.71. The summed E-state index contributed by atoms with van der Waals surface area (Å²) >= 11 is 3.49. The van der Waals surface area contributed by atoms with Gasteiger partial charge in [-0.15, -0.1) is 23.1 Å². The average molecular weight is 444 g/mol. The lowest BCUT2D eigenvalue weighted by Crippen LogP contribution is -2.65. The van der Waals surface area contributed by atoms with Gasteiger partial charge in [-0.2, -0.15) is 0 Å². The maximum Gasteiger partial charge on any atom is 0.352 e. The van der Waals surface area contributed by atoms with Crippen molar-refractivity contribution < 1.29 is 33.8 Å². The summed E-state index contributed by atoms with van der Waals surface area (Å²) in [5.74, 6) is -2.22. The van der Waals surface area contributed by atoms with Gasteiger partial charge in [0.2, 0.25) is 0 Å². The van der Waals surface area contributed by atoms with E-state index in [-0.39, 0.29) is 28.6 Å². The summed E-state index contributed by atoms with van der Waals surface area (Å²) in [5, 5.41) is 10.8. The monoisotopic (exact) mass is 443 g/mol. The second kappa shape index (κ2) is 8.68. The summed E-state index contributed by atoms with van der Waals surface area (Å²) in [6.07, 6.45) is -0.568. The molecule has 150 valence electrons. The summed E-state index contributed by atoms with van der Waals surface area (Å²) in [5.41, 5.74) is -1.14. The van der Waals surface area contributed by atoms with Crippen LogP contribution in [-0.4, -0.2) is 62.7 Å². The summed E-state index contributed by atoms with van der Waals surface area (Å²) < 4.78 is 10.4. The van der Waals surface area contributed by atoms with Crippen LogP contribution in [0.1, 0.15) is 11.8 Å². The highest BCUT2D eigenvalue weighted by molar-refractivity contribution is 8.14. The molecule has 3 rings (SSSR count). The van der Waals surface area contributed by atoms with E-state index in [1.165, 1.54) is 37.1 Å². The number of ether oxygens (including phenoxy) is 2. The highest BCUT2D eigenvalue weighted by Crippen LogP contribution is 2.44. The Bertz CT molecular complexity index is 836. The number of esters is 1. The number of thioether (sulfide) groups is 2. The van der Waals surface area contributed by atoms with Gasteiger partial charge in [-0.3, -0.25) is 19.3 Å². The largest absolute Gasteiger partial charge is 0.477 e. The van der Waals surface area contributed by atoms with Crippen molar-refractivity contribution in [3.63, 3.8) is 0 Å². The first kappa shape index (κ1) is 20.9. The van der Waals surface area contributed by atoms with Crippen LogP contribution in [0.15, 0.2) is 28.8 Å². The maximum atomic E-state index is 12.4. The summed E-state index contributed by atoms with van der Waals surface area (Å²) in [7, 11) is 1.39. The molecule has 28 heavy (non-hydrogen) atoms. The Morgan fingerprint density at radius 1 is 1.43 bits per heavy atom. The van der Waals surface area contributed by atoms with Crippen molar-refractivity contribution in [2.45, 2.75) is 30.3 Å². The van der Waals surface area contributed by atoms with E-state index in [1.54, 1.807) is 0 Å². The van der Waals surface area contributed by atoms with E-state index in [0.717, 1.165) is 21.5 Å². The average Bonchev–Trinajstić information content (AvgIpc) is 3.12. The Labute approximate surface area is 173 Å². The number of carboxylic acids is 1. The van der Waals surface area contributed by atoms with Gasteiger partial charge in [0, 0.05) is 30.2 Å². The number of carbonyl (C=O) groups is 4. The molecule has 1 aromatic rings. The van der Waals surface area contributed by atoms with Crippen LogP contribution in [0.4, 0.5) is 0 Å². The number of fused-ring (bicyclic) bond motifs is 1. The van der Waals surface area contributed by atoms with Crippen molar-refractivity contribution >= 4 is 57.8 Å². The first-order chi connectivity index (χ1) is 13.3. The van der Waals surface area contributed by atoms with Crippen molar-refractivity contribution in [2.75, 3.05) is 12.9 Å². The molecule has 1 unspecified atom stereocenters. The number of rotatable bonds is 7. The Morgan fingerprint density at radius 2 is 2.18 bits per heavy atom. The molecule has 3 heterocycles. The molecule has 0 aliphatic carbocycles. The molecule has 1 aromatic heterocycles. The number of methoxy groups -OCH3 is 1. The van der Waals surface area contributed by atoms with Gasteiger partial charge in [0.05, 0.1) is 6.42 Å². The molecule has 0 bridgehead atoms. The van der Waals surface area contributed by atoms with Crippen LogP contribution in [0, 0.1) is 0 Å². The van der Waals surface area contributed by atoms with E-state index >= 15 is 0 Å². The summed E-state index contributed by atoms with van der Waals surface area (Å²) in [4.78, 5) is 50.2. The van der Waals surface area contributed by atoms with E-state index in [4.69, 9.17) is 9.47 Å². The molecule has 1 fully saturated rings. The minimum Gasteiger partial charge on any atom is -0.477 e. The molecule has 8 nitrogen and oxygen atoms in total. The number of hydrogen-bond acceptors (Lipinski definition) is 9. The molecule has 1 N–H and O–H groups in total. The summed E-state index contributed by atoms with van der Waals surface area (Å²) in [6.45, 7) is 1.19. The molecular weight excluding hydrogens is 426 g/mol. The van der Waals surface area contributed by atoms with Crippen LogP contribution in [0.3, 0.4) is 0 Å². The third-order valence-corrected chi connectivity index (χ3v) is 7.26. The fourth-order valence-corrected chi connectivity index (χ4v) is 6.20. The van der Waals surface area contributed by atoms with E-state index in [1.807, 2.05) is 17.5 Å². The lowest BCUT2D eigenvalue weighted by Gasteiger charge is -2.49. The van der Waals surface area contributed by atoms with E-state index < -0.39 is 34.8 Å². The number of β-lactam (4-membered cyclic amide) rings is 1. The van der Waals surface area contributed by atoms with Gasteiger partial charge < -0.3 is 14.6 Å². The summed E-state index contributed by atoms with van der Waals surface area (Å²) in [6, 6.07) is 3.64. The smallest absolute Gasteiger partial charge is 0.352 e. The van der Waals surface area contributed by atoms with Crippen molar-refractivity contribution in [3.8, 4) is 0 Å². The van der Waals surface area contributed by atoms with E-state index in [9.17, 15) is 24.3 Å². The second-order valence-corrected chi connectivity index (χ2v) is 9.19. The molecule has 3 atom stereocenters. The number of thiophene rings is 1. The Morgan fingerprint density at radius 3 is 2.75 bits per heavy atom. The minimum absolute atomic E-state index is 0.139. The number of carboxylic acid groups (broad SMARTS) is 1. The lowest BCUT2D eigenvalue weighted by molar-refractivity contribution is -0.162. The first-order valence-corrected chi connectivity index (χ1v) is 11.0. The van der Waals surface area contributed by atoms with Crippen molar-refractivity contribution in [1.82, 2.24) is 4.90 Å². The zero-order valence-corrected chi connectivity index (χ0v) is 17.4. The topological polar surface area (TPSA) is 110 Å². The number of aliphatic carboxylic acids is 1. The van der Waals surface area contributed by atoms with Gasteiger partial charge in [-0.05, 0) is 23.2 Å². The van der Waals surface area contributed by atoms with Crippen LogP contribution in [0.5, 0.6) is 0 Å². The molecule has 0 spiro atoms. The third-order valence-electron chi connectivity index (χ3n) is 4.10. The SMILES string of the molecule is CO[C@H]1C(=O)N2C(C(=O)O)=C(C(OC(C)=O)SC(=O)Cc3cccs3)CS[C@H]12. The van der Waals surface area contributed by atoms with Crippen LogP contribution >= 0.6 is 34.9 Å². The van der Waals surface area contributed by atoms with Crippen LogP contribution in [-0.2, 0) is 35.1 Å². The number of amides is 1. The molecular formula is C17H17NO7S3. The standard InChI is InChI=1S/C17H17NO7S3/c1-8(19)25-17(28-11(20)6-9-4-3-5-26-9)10-7-27-15-13(24-2)14(21)18(15)12(10)16(22)23/h3-5,13,15,17H,6-7H2,1-2H3,(H,22,23)/t13-,15+,17?/m0/s1. The highest BCUT2D eigenvalue weighted by atomic mass is 32.2. The molecule has 11 heteroatoms. The lowest BCUT2D eigenvalue weighted by atomic mass is 10.1. The van der Waals surface area contributed by atoms with Gasteiger partial charge >= 0.3 is 11.9 Å². The predicted molar refractivity (Wildman–Crippen MR) is 105 cm³/mol. The number of hydrogen-bond donors (Lipinski definition) is 1. The maximum absolute atomic E-state index is 12.4. The molecule has 1 saturated heterocycles. The minimum atomic E-state index is -1.31. The highest BCUT2D eigenvalue weighted by Gasteiger charge is 2.55. The Balaban J connectivity index is 1.88. The van der Waals surface area contributed by atoms with Gasteiger partial charge in [-0.25, -0.2) is 4.79 Å². The molecule has 0 radical (unpaired) electrons. The van der Waals surface area contributed by atoms with Crippen molar-refractivity contribution in [3.05, 3.63) is 33.7 Å². The van der Waals surface area contributed by atoms with Crippen LogP contribution in [0.2, 0.25) is 0 Å². The van der Waals surface area contributed by atoms with Crippen LogP contribution in [0.25, 0.3) is 0 Å². The van der Waals surface area contributed by atoms with Crippen molar-refractivity contribution in [1.29, 1.82) is 0 Å². The number of carbonyl (C=O) groups excluding carboxylic acids is 3. The fraction of sp³-hybridized carbons (Fsp3) is 0.412. The van der Waals surface area contributed by atoms with E-state index in [0.29, 0.717) is 0 Å². The van der Waals surface area contributed by atoms with Crippen molar-refractivity contribution in [2.24, 2.45) is 0 Å². The molecule has 1 amide bonds. The number of nitrogens with zero attached hydrogens (tertiary/aromatic N) is 1. The van der Waals surface area contributed by atoms with Gasteiger partial charge in [0.15, 0.2) is 16.7 Å². The van der Waals surface area contributed by atoms with Gasteiger partial charge in [-0.1, -0.05) is 6.07 Å². The second-order valence-electron chi connectivity index (χ2n) is 5.93. The Kier molecular flexibility index (Phi) is 6.48. The molecule has 2 aliphatic heterocycles. The Hall–Kier alpha value is -1.82. The first-order valence-electron chi connectivity index (χ1n) is 8.16. The fourth-order valence-electron chi connectivity index (χ4n) is 2.91. The normalized spacial score (nSPS) is 22.4. The zero-order chi connectivity index (χ0) is 20.4. The van der Waals surface area contributed by atoms with Gasteiger partial charge in [0.1, 0.15) is 11.1 Å².